The van der Waals surface area contributed by atoms with Crippen LogP contribution in [0, 0.1) is 13.8 Å². The maximum absolute atomic E-state index is 2.32. The van der Waals surface area contributed by atoms with Crippen molar-refractivity contribution in [1.29, 1.82) is 0 Å². The Balaban J connectivity index is 2.74. The molecule has 74 valence electrons. The molecule has 14 heavy (non-hydrogen) atoms. The van der Waals surface area contributed by atoms with Crippen molar-refractivity contribution in [2.45, 2.75) is 33.7 Å². The van der Waals surface area contributed by atoms with Crippen molar-refractivity contribution in [3.05, 3.63) is 35.5 Å². The van der Waals surface area contributed by atoms with Gasteiger partial charge in [-0.05, 0) is 62.4 Å². The molecule has 2 rings (SSSR count). The Bertz CT molecular complexity index is 463. The van der Waals surface area contributed by atoms with Crippen molar-refractivity contribution < 1.29 is 0 Å². The van der Waals surface area contributed by atoms with Crippen molar-refractivity contribution in [1.82, 2.24) is 4.57 Å². The SMILES string of the molecule is Cc1cc2ccn(C(C)C)c2cc1C. The van der Waals surface area contributed by atoms with Gasteiger partial charge in [-0.15, -0.1) is 0 Å². The minimum atomic E-state index is 0.537. The number of nitrogens with zero attached hydrogens (tertiary/aromatic N) is 1. The lowest BCUT2D eigenvalue weighted by Gasteiger charge is -2.10. The van der Waals surface area contributed by atoms with E-state index in [0.29, 0.717) is 6.04 Å². The fourth-order valence-corrected chi connectivity index (χ4v) is 1.87. The van der Waals surface area contributed by atoms with Gasteiger partial charge in [0.1, 0.15) is 0 Å². The predicted molar refractivity (Wildman–Crippen MR) is 61.8 cm³/mol. The van der Waals surface area contributed by atoms with Crippen molar-refractivity contribution in [3.8, 4) is 0 Å². The number of fused-ring (bicyclic) bond motifs is 1. The molecule has 0 N–H and O–H groups in total. The molecule has 0 aliphatic carbocycles. The van der Waals surface area contributed by atoms with E-state index < -0.39 is 0 Å². The van der Waals surface area contributed by atoms with E-state index >= 15 is 0 Å². The summed E-state index contributed by atoms with van der Waals surface area (Å²) in [5, 5.41) is 1.35. The van der Waals surface area contributed by atoms with Gasteiger partial charge in [0.2, 0.25) is 0 Å². The second-order valence-corrected chi connectivity index (χ2v) is 4.31. The lowest BCUT2D eigenvalue weighted by molar-refractivity contribution is 0.623. The van der Waals surface area contributed by atoms with Crippen molar-refractivity contribution in [2.75, 3.05) is 0 Å². The maximum Gasteiger partial charge on any atom is 0.0485 e. The molecule has 0 bridgehead atoms. The zero-order chi connectivity index (χ0) is 10.3. The number of benzene rings is 1. The smallest absolute Gasteiger partial charge is 0.0485 e. The van der Waals surface area contributed by atoms with E-state index in [1.807, 2.05) is 0 Å². The minimum absolute atomic E-state index is 0.537. The van der Waals surface area contributed by atoms with Gasteiger partial charge < -0.3 is 4.57 Å². The van der Waals surface area contributed by atoms with Crippen LogP contribution in [-0.2, 0) is 0 Å². The van der Waals surface area contributed by atoms with Crippen LogP contribution in [0.1, 0.15) is 31.0 Å². The quantitative estimate of drug-likeness (QED) is 0.639. The van der Waals surface area contributed by atoms with Gasteiger partial charge in [0.05, 0.1) is 0 Å². The summed E-state index contributed by atoms with van der Waals surface area (Å²) in [7, 11) is 0. The van der Waals surface area contributed by atoms with Crippen LogP contribution in [0.2, 0.25) is 0 Å². The average molecular weight is 187 g/mol. The van der Waals surface area contributed by atoms with E-state index in [0.717, 1.165) is 0 Å². The third-order valence-electron chi connectivity index (χ3n) is 2.89. The van der Waals surface area contributed by atoms with E-state index in [4.69, 9.17) is 0 Å². The maximum atomic E-state index is 2.32. The van der Waals surface area contributed by atoms with E-state index in [1.54, 1.807) is 0 Å². The highest BCUT2D eigenvalue weighted by Crippen LogP contribution is 2.23. The number of hydrogen-bond donors (Lipinski definition) is 0. The summed E-state index contributed by atoms with van der Waals surface area (Å²) in [6.07, 6.45) is 2.17. The molecule has 0 unspecified atom stereocenters. The zero-order valence-corrected chi connectivity index (χ0v) is 9.33. The van der Waals surface area contributed by atoms with Crippen LogP contribution >= 0.6 is 0 Å². The first-order valence-electron chi connectivity index (χ1n) is 5.17. The summed E-state index contributed by atoms with van der Waals surface area (Å²) in [6, 6.07) is 7.28. The highest BCUT2D eigenvalue weighted by molar-refractivity contribution is 5.82. The number of rotatable bonds is 1. The van der Waals surface area contributed by atoms with Crippen LogP contribution < -0.4 is 0 Å². The van der Waals surface area contributed by atoms with Gasteiger partial charge in [-0.2, -0.15) is 0 Å². The molecule has 1 nitrogen and oxygen atoms in total. The highest BCUT2D eigenvalue weighted by atomic mass is 15.0. The first-order valence-corrected chi connectivity index (χ1v) is 5.17. The monoisotopic (exact) mass is 187 g/mol. The third kappa shape index (κ3) is 1.33. The topological polar surface area (TPSA) is 4.93 Å². The van der Waals surface area contributed by atoms with Crippen LogP contribution in [0.25, 0.3) is 10.9 Å². The molecular weight excluding hydrogens is 170 g/mol. The minimum Gasteiger partial charge on any atom is -0.345 e. The Morgan fingerprint density at radius 2 is 1.71 bits per heavy atom. The van der Waals surface area contributed by atoms with Gasteiger partial charge in [-0.1, -0.05) is 0 Å². The van der Waals surface area contributed by atoms with E-state index in [-0.39, 0.29) is 0 Å². The lowest BCUT2D eigenvalue weighted by Crippen LogP contribution is -1.98. The summed E-state index contributed by atoms with van der Waals surface area (Å²) in [5.41, 5.74) is 4.10. The molecule has 1 heterocycles. The number of aryl methyl sites for hydroxylation is 2. The third-order valence-corrected chi connectivity index (χ3v) is 2.89. The molecule has 0 spiro atoms. The Hall–Kier alpha value is -1.24. The fraction of sp³-hybridized carbons (Fsp3) is 0.385. The largest absolute Gasteiger partial charge is 0.345 e. The number of aromatic nitrogens is 1. The van der Waals surface area contributed by atoms with Crippen molar-refractivity contribution in [2.24, 2.45) is 0 Å². The first kappa shape index (κ1) is 9.32. The van der Waals surface area contributed by atoms with E-state index in [9.17, 15) is 0 Å². The van der Waals surface area contributed by atoms with Gasteiger partial charge in [0.25, 0.3) is 0 Å². The number of hydrogen-bond acceptors (Lipinski definition) is 0. The summed E-state index contributed by atoms with van der Waals surface area (Å²) < 4.78 is 2.32. The Morgan fingerprint density at radius 3 is 2.36 bits per heavy atom. The van der Waals surface area contributed by atoms with Crippen molar-refractivity contribution >= 4 is 10.9 Å². The summed E-state index contributed by atoms with van der Waals surface area (Å²) in [4.78, 5) is 0. The molecule has 0 radical (unpaired) electrons. The summed E-state index contributed by atoms with van der Waals surface area (Å²) in [5.74, 6) is 0. The molecule has 0 fully saturated rings. The molecular formula is C13H17N. The Kier molecular flexibility index (Phi) is 2.10. The summed E-state index contributed by atoms with van der Waals surface area (Å²) >= 11 is 0. The molecule has 0 aliphatic rings. The van der Waals surface area contributed by atoms with Crippen molar-refractivity contribution in [3.63, 3.8) is 0 Å². The normalized spacial score (nSPS) is 11.5. The van der Waals surface area contributed by atoms with E-state index in [1.165, 1.54) is 22.0 Å². The zero-order valence-electron chi connectivity index (χ0n) is 9.33. The van der Waals surface area contributed by atoms with Crippen LogP contribution in [-0.4, -0.2) is 4.57 Å². The molecule has 1 aromatic heterocycles. The van der Waals surface area contributed by atoms with E-state index in [2.05, 4.69) is 56.7 Å². The highest BCUT2D eigenvalue weighted by Gasteiger charge is 2.05. The lowest BCUT2D eigenvalue weighted by atomic mass is 10.1. The standard InChI is InChI=1S/C13H17N/c1-9(2)14-6-5-12-7-10(3)11(4)8-13(12)14/h5-9H,1-4H3. The molecule has 0 amide bonds. The van der Waals surface area contributed by atoms with Gasteiger partial charge in [-0.3, -0.25) is 0 Å². The van der Waals surface area contributed by atoms with Gasteiger partial charge >= 0.3 is 0 Å². The molecule has 2 aromatic rings. The van der Waals surface area contributed by atoms with Crippen LogP contribution in [0.3, 0.4) is 0 Å². The first-order chi connectivity index (χ1) is 6.59. The Labute approximate surface area is 85.4 Å². The van der Waals surface area contributed by atoms with Gasteiger partial charge in [0.15, 0.2) is 0 Å². The second kappa shape index (κ2) is 3.16. The molecule has 0 saturated carbocycles. The fourth-order valence-electron chi connectivity index (χ4n) is 1.87. The average Bonchev–Trinajstić information content (AvgIpc) is 2.48. The molecule has 1 heteroatoms. The van der Waals surface area contributed by atoms with Crippen LogP contribution in [0.5, 0.6) is 0 Å². The second-order valence-electron chi connectivity index (χ2n) is 4.31. The van der Waals surface area contributed by atoms with Crippen LogP contribution in [0.15, 0.2) is 24.4 Å². The molecule has 0 aliphatic heterocycles. The van der Waals surface area contributed by atoms with Gasteiger partial charge in [-0.25, -0.2) is 0 Å². The Morgan fingerprint density at radius 1 is 1.07 bits per heavy atom. The van der Waals surface area contributed by atoms with Crippen LogP contribution in [0.4, 0.5) is 0 Å². The molecule has 0 atom stereocenters. The summed E-state index contributed by atoms with van der Waals surface area (Å²) in [6.45, 7) is 8.77. The van der Waals surface area contributed by atoms with Gasteiger partial charge in [0, 0.05) is 17.8 Å². The predicted octanol–water partition coefficient (Wildman–Crippen LogP) is 3.84. The molecule has 1 aromatic carbocycles. The molecule has 0 saturated heterocycles.